The molecular weight excluding hydrogens is 145 g/mol. The van der Waals surface area contributed by atoms with Gasteiger partial charge < -0.3 is 15.1 Å². The number of carbonyl (C=O) groups excluding carboxylic acids is 1. The van der Waals surface area contributed by atoms with Gasteiger partial charge in [-0.15, -0.1) is 0 Å². The maximum atomic E-state index is 10.0. The molecule has 0 bridgehead atoms. The Kier molecular flexibility index (Phi) is 2.84. The van der Waals surface area contributed by atoms with Gasteiger partial charge in [0, 0.05) is 6.92 Å². The van der Waals surface area contributed by atoms with E-state index in [2.05, 4.69) is 0 Å². The van der Waals surface area contributed by atoms with Gasteiger partial charge in [0.05, 0.1) is 0 Å². The minimum absolute atomic E-state index is 0.446. The Labute approximate surface area is 52.2 Å². The molecule has 0 aromatic heterocycles. The smallest absolute Gasteiger partial charge is 0.344 e. The van der Waals surface area contributed by atoms with Crippen molar-refractivity contribution in [2.24, 2.45) is 0 Å². The molecule has 0 spiro atoms. The lowest BCUT2D eigenvalue weighted by atomic mass is 10.7. The maximum Gasteiger partial charge on any atom is 0.344 e. The van der Waals surface area contributed by atoms with Gasteiger partial charge in [0.1, 0.15) is 6.29 Å². The number of hydrogen-bond donors (Lipinski definition) is 3. The molecule has 0 aliphatic rings. The zero-order chi connectivity index (χ0) is 7.49. The molecule has 0 unspecified atom stereocenters. The lowest BCUT2D eigenvalue weighted by Gasteiger charge is -2.01. The van der Waals surface area contributed by atoms with Gasteiger partial charge in [0.25, 0.3) is 0 Å². The highest BCUT2D eigenvalue weighted by molar-refractivity contribution is 7.51. The zero-order valence-corrected chi connectivity index (χ0v) is 5.76. The number of rotatable bonds is 2. The van der Waals surface area contributed by atoms with E-state index in [1.165, 1.54) is 6.92 Å². The fourth-order valence-electron chi connectivity index (χ4n) is 0.214. The van der Waals surface area contributed by atoms with E-state index < -0.39 is 19.8 Å². The summed E-state index contributed by atoms with van der Waals surface area (Å²) in [6.45, 7) is 1.19. The molecule has 0 aliphatic heterocycles. The molecule has 5 nitrogen and oxygen atoms in total. The van der Waals surface area contributed by atoms with Gasteiger partial charge in [0.2, 0.25) is 5.91 Å². The summed E-state index contributed by atoms with van der Waals surface area (Å²) in [5.74, 6) is -0.446. The van der Waals surface area contributed by atoms with Crippen molar-refractivity contribution in [1.29, 1.82) is 0 Å². The average molecular weight is 153 g/mol. The summed E-state index contributed by atoms with van der Waals surface area (Å²) in [5.41, 5.74) is 0. The van der Waals surface area contributed by atoms with E-state index in [4.69, 9.17) is 9.79 Å². The molecule has 0 saturated heterocycles. The molecule has 54 valence electrons. The molecule has 0 heterocycles. The van der Waals surface area contributed by atoms with Crippen LogP contribution in [0.1, 0.15) is 6.92 Å². The van der Waals surface area contributed by atoms with E-state index in [0.29, 0.717) is 0 Å². The first-order valence-corrected chi connectivity index (χ1v) is 4.00. The SMILES string of the molecule is CC(=O)NCP(=O)(O)O. The third kappa shape index (κ3) is 7.62. The van der Waals surface area contributed by atoms with Crippen LogP contribution in [0, 0.1) is 0 Å². The van der Waals surface area contributed by atoms with Crippen molar-refractivity contribution in [2.75, 3.05) is 6.29 Å². The molecule has 3 N–H and O–H groups in total. The number of amides is 1. The second kappa shape index (κ2) is 2.96. The largest absolute Gasteiger partial charge is 0.345 e. The third-order valence-electron chi connectivity index (χ3n) is 0.534. The normalized spacial score (nSPS) is 11.0. The number of nitrogens with one attached hydrogen (secondary N) is 1. The first-order valence-electron chi connectivity index (χ1n) is 2.21. The van der Waals surface area contributed by atoms with Gasteiger partial charge in [0.15, 0.2) is 0 Å². The van der Waals surface area contributed by atoms with Crippen molar-refractivity contribution in [1.82, 2.24) is 5.32 Å². The van der Waals surface area contributed by atoms with Crippen LogP contribution >= 0.6 is 7.60 Å². The molecule has 0 fully saturated rings. The van der Waals surface area contributed by atoms with E-state index in [-0.39, 0.29) is 0 Å². The predicted octanol–water partition coefficient (Wildman–Crippen LogP) is -0.742. The fraction of sp³-hybridized carbons (Fsp3) is 0.667. The Morgan fingerprint density at radius 1 is 1.67 bits per heavy atom. The highest BCUT2D eigenvalue weighted by Gasteiger charge is 2.11. The molecule has 0 aromatic rings. The fourth-order valence-corrected chi connectivity index (χ4v) is 0.643. The van der Waals surface area contributed by atoms with Crippen LogP contribution in [-0.2, 0) is 9.36 Å². The van der Waals surface area contributed by atoms with Crippen molar-refractivity contribution in [3.8, 4) is 0 Å². The first kappa shape index (κ1) is 8.62. The average Bonchev–Trinajstić information content (AvgIpc) is 1.59. The molecule has 9 heavy (non-hydrogen) atoms. The van der Waals surface area contributed by atoms with Crippen molar-refractivity contribution < 1.29 is 19.1 Å². The molecular formula is C3H8NO4P. The van der Waals surface area contributed by atoms with Crippen molar-refractivity contribution in [3.63, 3.8) is 0 Å². The molecule has 1 amide bonds. The Balaban J connectivity index is 3.53. The molecule has 6 heteroatoms. The van der Waals surface area contributed by atoms with Gasteiger partial charge in [-0.2, -0.15) is 0 Å². The van der Waals surface area contributed by atoms with Crippen LogP contribution in [0.15, 0.2) is 0 Å². The van der Waals surface area contributed by atoms with Gasteiger partial charge in [-0.1, -0.05) is 0 Å². The predicted molar refractivity (Wildman–Crippen MR) is 30.7 cm³/mol. The molecule has 0 rings (SSSR count). The summed E-state index contributed by atoms with van der Waals surface area (Å²) in [4.78, 5) is 26.4. The van der Waals surface area contributed by atoms with Crippen LogP contribution in [0.25, 0.3) is 0 Å². The van der Waals surface area contributed by atoms with E-state index >= 15 is 0 Å². The summed E-state index contributed by atoms with van der Waals surface area (Å²) in [6.07, 6.45) is -0.581. The number of hydrogen-bond acceptors (Lipinski definition) is 2. The van der Waals surface area contributed by atoms with Crippen LogP contribution in [0.5, 0.6) is 0 Å². The van der Waals surface area contributed by atoms with Crippen LogP contribution in [0.4, 0.5) is 0 Å². The van der Waals surface area contributed by atoms with E-state index in [1.54, 1.807) is 0 Å². The van der Waals surface area contributed by atoms with E-state index in [1.807, 2.05) is 5.32 Å². The second-order valence-electron chi connectivity index (χ2n) is 1.56. The zero-order valence-electron chi connectivity index (χ0n) is 4.87. The van der Waals surface area contributed by atoms with Crippen molar-refractivity contribution >= 4 is 13.5 Å². The van der Waals surface area contributed by atoms with E-state index in [9.17, 15) is 9.36 Å². The lowest BCUT2D eigenvalue weighted by Crippen LogP contribution is -2.20. The Morgan fingerprint density at radius 3 is 2.22 bits per heavy atom. The standard InChI is InChI=1S/C3H8NO4P/c1-3(5)4-2-9(6,7)8/h2H2,1H3,(H,4,5)(H2,6,7,8). The molecule has 0 atom stereocenters. The molecule has 0 radical (unpaired) electrons. The second-order valence-corrected chi connectivity index (χ2v) is 3.20. The Hall–Kier alpha value is -0.380. The summed E-state index contributed by atoms with van der Waals surface area (Å²) in [6, 6.07) is 0. The summed E-state index contributed by atoms with van der Waals surface area (Å²) in [5, 5.41) is 1.98. The highest BCUT2D eigenvalue weighted by Crippen LogP contribution is 2.31. The molecule has 0 saturated carbocycles. The summed E-state index contributed by atoms with van der Waals surface area (Å²) < 4.78 is 10.0. The van der Waals surface area contributed by atoms with E-state index in [0.717, 1.165) is 0 Å². The lowest BCUT2D eigenvalue weighted by molar-refractivity contribution is -0.118. The van der Waals surface area contributed by atoms with Crippen LogP contribution in [-0.4, -0.2) is 22.0 Å². The van der Waals surface area contributed by atoms with Gasteiger partial charge in [-0.3, -0.25) is 9.36 Å². The van der Waals surface area contributed by atoms with Crippen molar-refractivity contribution in [2.45, 2.75) is 6.92 Å². The first-order chi connectivity index (χ1) is 3.92. The van der Waals surface area contributed by atoms with Crippen molar-refractivity contribution in [3.05, 3.63) is 0 Å². The summed E-state index contributed by atoms with van der Waals surface area (Å²) >= 11 is 0. The minimum atomic E-state index is -4.05. The highest BCUT2D eigenvalue weighted by atomic mass is 31.2. The molecule has 0 aliphatic carbocycles. The Bertz CT molecular complexity index is 150. The summed E-state index contributed by atoms with van der Waals surface area (Å²) in [7, 11) is -4.05. The maximum absolute atomic E-state index is 10.0. The van der Waals surface area contributed by atoms with Crippen LogP contribution in [0.2, 0.25) is 0 Å². The van der Waals surface area contributed by atoms with Gasteiger partial charge in [-0.05, 0) is 0 Å². The van der Waals surface area contributed by atoms with Gasteiger partial charge in [-0.25, -0.2) is 0 Å². The minimum Gasteiger partial charge on any atom is -0.345 e. The Morgan fingerprint density at radius 2 is 2.11 bits per heavy atom. The van der Waals surface area contributed by atoms with Crippen LogP contribution < -0.4 is 5.32 Å². The van der Waals surface area contributed by atoms with Crippen LogP contribution in [0.3, 0.4) is 0 Å². The molecule has 0 aromatic carbocycles. The monoisotopic (exact) mass is 153 g/mol. The number of carbonyl (C=O) groups is 1. The van der Waals surface area contributed by atoms with Gasteiger partial charge >= 0.3 is 7.60 Å². The topological polar surface area (TPSA) is 86.6 Å². The third-order valence-corrected chi connectivity index (χ3v) is 1.10. The quantitative estimate of drug-likeness (QED) is 0.456.